The van der Waals surface area contributed by atoms with Crippen LogP contribution < -0.4 is 5.32 Å². The summed E-state index contributed by atoms with van der Waals surface area (Å²) in [5.41, 5.74) is 1.16. The van der Waals surface area contributed by atoms with Crippen LogP contribution in [0.25, 0.3) is 0 Å². The highest BCUT2D eigenvalue weighted by Gasteiger charge is 2.18. The summed E-state index contributed by atoms with van der Waals surface area (Å²) < 4.78 is 26.8. The molecule has 6 heteroatoms. The molecule has 4 nitrogen and oxygen atoms in total. The third kappa shape index (κ3) is 5.34. The largest absolute Gasteiger partial charge is 0.322 e. The molecular weight excluding hydrogens is 336 g/mol. The molecule has 1 heterocycles. The number of hydrogen-bond acceptors (Lipinski definition) is 3. The van der Waals surface area contributed by atoms with Gasteiger partial charge in [0.1, 0.15) is 11.6 Å². The summed E-state index contributed by atoms with van der Waals surface area (Å²) in [4.78, 5) is 16.6. The fraction of sp³-hybridized carbons (Fsp3) is 0.350. The van der Waals surface area contributed by atoms with Crippen LogP contribution in [0.15, 0.2) is 48.5 Å². The van der Waals surface area contributed by atoms with Crippen molar-refractivity contribution in [2.24, 2.45) is 0 Å². The Bertz CT molecular complexity index is 739. The number of halogens is 2. The van der Waals surface area contributed by atoms with E-state index in [0.29, 0.717) is 0 Å². The quantitative estimate of drug-likeness (QED) is 0.891. The van der Waals surface area contributed by atoms with Crippen molar-refractivity contribution in [3.8, 4) is 0 Å². The van der Waals surface area contributed by atoms with E-state index in [1.54, 1.807) is 0 Å². The van der Waals surface area contributed by atoms with Gasteiger partial charge in [-0.25, -0.2) is 8.78 Å². The van der Waals surface area contributed by atoms with E-state index >= 15 is 0 Å². The van der Waals surface area contributed by atoms with Gasteiger partial charge in [-0.3, -0.25) is 14.6 Å². The first-order chi connectivity index (χ1) is 12.6. The zero-order valence-electron chi connectivity index (χ0n) is 14.6. The SMILES string of the molecule is O=C(CN1CCCN(Cc2ccccc2)CC1)Nc1cc(F)ccc1F. The first-order valence-corrected chi connectivity index (χ1v) is 8.84. The normalized spacial score (nSPS) is 16.2. The molecule has 1 N–H and O–H groups in total. The molecule has 0 aliphatic carbocycles. The molecule has 1 amide bonds. The molecule has 1 saturated heterocycles. The van der Waals surface area contributed by atoms with Crippen LogP contribution in [-0.2, 0) is 11.3 Å². The van der Waals surface area contributed by atoms with Gasteiger partial charge in [-0.15, -0.1) is 0 Å². The Labute approximate surface area is 152 Å². The lowest BCUT2D eigenvalue weighted by atomic mass is 10.2. The number of nitrogens with one attached hydrogen (secondary N) is 1. The summed E-state index contributed by atoms with van der Waals surface area (Å²) >= 11 is 0. The maximum absolute atomic E-state index is 13.6. The predicted octanol–water partition coefficient (Wildman–Crippen LogP) is 3.11. The molecule has 0 unspecified atom stereocenters. The Morgan fingerprint density at radius 2 is 1.69 bits per heavy atom. The fourth-order valence-corrected chi connectivity index (χ4v) is 3.17. The maximum atomic E-state index is 13.6. The Kier molecular flexibility index (Phi) is 6.30. The van der Waals surface area contributed by atoms with Crippen LogP contribution in [0.5, 0.6) is 0 Å². The molecule has 138 valence electrons. The molecule has 2 aromatic carbocycles. The molecule has 0 radical (unpaired) electrons. The first kappa shape index (κ1) is 18.5. The van der Waals surface area contributed by atoms with E-state index in [1.165, 1.54) is 5.56 Å². The average molecular weight is 359 g/mol. The Morgan fingerprint density at radius 3 is 2.50 bits per heavy atom. The van der Waals surface area contributed by atoms with Gasteiger partial charge in [0.25, 0.3) is 0 Å². The van der Waals surface area contributed by atoms with E-state index in [9.17, 15) is 13.6 Å². The van der Waals surface area contributed by atoms with Gasteiger partial charge < -0.3 is 5.32 Å². The molecule has 3 rings (SSSR count). The maximum Gasteiger partial charge on any atom is 0.238 e. The van der Waals surface area contributed by atoms with E-state index in [0.717, 1.165) is 57.3 Å². The van der Waals surface area contributed by atoms with Crippen molar-refractivity contribution in [1.82, 2.24) is 9.80 Å². The van der Waals surface area contributed by atoms with E-state index in [1.807, 2.05) is 18.2 Å². The molecule has 26 heavy (non-hydrogen) atoms. The fourth-order valence-electron chi connectivity index (χ4n) is 3.17. The van der Waals surface area contributed by atoms with Gasteiger partial charge in [0.05, 0.1) is 12.2 Å². The van der Waals surface area contributed by atoms with E-state index in [2.05, 4.69) is 27.2 Å². The molecule has 0 spiro atoms. The third-order valence-electron chi connectivity index (χ3n) is 4.50. The number of amides is 1. The summed E-state index contributed by atoms with van der Waals surface area (Å²) in [5, 5.41) is 2.46. The highest BCUT2D eigenvalue weighted by molar-refractivity contribution is 5.92. The van der Waals surface area contributed by atoms with Crippen LogP contribution in [-0.4, -0.2) is 48.4 Å². The highest BCUT2D eigenvalue weighted by atomic mass is 19.1. The van der Waals surface area contributed by atoms with Gasteiger partial charge in [0.2, 0.25) is 5.91 Å². The van der Waals surface area contributed by atoms with Gasteiger partial charge in [0.15, 0.2) is 0 Å². The molecule has 1 aliphatic heterocycles. The molecule has 0 atom stereocenters. The molecule has 2 aromatic rings. The molecule has 0 saturated carbocycles. The lowest BCUT2D eigenvalue weighted by molar-refractivity contribution is -0.117. The number of carbonyl (C=O) groups is 1. The van der Waals surface area contributed by atoms with Gasteiger partial charge in [-0.2, -0.15) is 0 Å². The lowest BCUT2D eigenvalue weighted by Crippen LogP contribution is -2.36. The number of benzene rings is 2. The average Bonchev–Trinajstić information content (AvgIpc) is 2.84. The minimum Gasteiger partial charge on any atom is -0.322 e. The van der Waals surface area contributed by atoms with Crippen molar-refractivity contribution in [2.45, 2.75) is 13.0 Å². The summed E-state index contributed by atoms with van der Waals surface area (Å²) in [7, 11) is 0. The molecule has 1 aliphatic rings. The third-order valence-corrected chi connectivity index (χ3v) is 4.50. The number of anilines is 1. The predicted molar refractivity (Wildman–Crippen MR) is 97.8 cm³/mol. The van der Waals surface area contributed by atoms with Crippen LogP contribution in [0.4, 0.5) is 14.5 Å². The standard InChI is InChI=1S/C20H23F2N3O/c21-17-7-8-18(22)19(13-17)23-20(26)15-25-10-4-9-24(11-12-25)14-16-5-2-1-3-6-16/h1-3,5-8,13H,4,9-12,14-15H2,(H,23,26). The van der Waals surface area contributed by atoms with Gasteiger partial charge in [-0.1, -0.05) is 30.3 Å². The molecular formula is C20H23F2N3O. The number of rotatable bonds is 5. The van der Waals surface area contributed by atoms with Crippen LogP contribution in [0.2, 0.25) is 0 Å². The van der Waals surface area contributed by atoms with E-state index in [-0.39, 0.29) is 18.1 Å². The van der Waals surface area contributed by atoms with Crippen LogP contribution in [0, 0.1) is 11.6 Å². The van der Waals surface area contributed by atoms with Crippen molar-refractivity contribution >= 4 is 11.6 Å². The minimum atomic E-state index is -0.635. The monoisotopic (exact) mass is 359 g/mol. The summed E-state index contributed by atoms with van der Waals surface area (Å²) in [6, 6.07) is 13.3. The summed E-state index contributed by atoms with van der Waals surface area (Å²) in [6.45, 7) is 4.50. The number of nitrogens with zero attached hydrogens (tertiary/aromatic N) is 2. The second-order valence-electron chi connectivity index (χ2n) is 6.56. The Balaban J connectivity index is 1.49. The van der Waals surface area contributed by atoms with Crippen molar-refractivity contribution in [1.29, 1.82) is 0 Å². The smallest absolute Gasteiger partial charge is 0.238 e. The zero-order chi connectivity index (χ0) is 18.4. The van der Waals surface area contributed by atoms with Crippen LogP contribution >= 0.6 is 0 Å². The van der Waals surface area contributed by atoms with Crippen molar-refractivity contribution in [3.63, 3.8) is 0 Å². The number of hydrogen-bond donors (Lipinski definition) is 1. The van der Waals surface area contributed by atoms with Gasteiger partial charge in [-0.05, 0) is 37.2 Å². The number of carbonyl (C=O) groups excluding carboxylic acids is 1. The Hall–Kier alpha value is -2.31. The molecule has 0 bridgehead atoms. The highest BCUT2D eigenvalue weighted by Crippen LogP contribution is 2.15. The first-order valence-electron chi connectivity index (χ1n) is 8.84. The van der Waals surface area contributed by atoms with Crippen LogP contribution in [0.3, 0.4) is 0 Å². The molecule has 0 aromatic heterocycles. The summed E-state index contributed by atoms with van der Waals surface area (Å²) in [5.74, 6) is -1.54. The second-order valence-corrected chi connectivity index (χ2v) is 6.56. The zero-order valence-corrected chi connectivity index (χ0v) is 14.6. The van der Waals surface area contributed by atoms with Crippen molar-refractivity contribution in [3.05, 3.63) is 65.7 Å². The van der Waals surface area contributed by atoms with Crippen molar-refractivity contribution < 1.29 is 13.6 Å². The lowest BCUT2D eigenvalue weighted by Gasteiger charge is -2.21. The van der Waals surface area contributed by atoms with Gasteiger partial charge in [0, 0.05) is 25.7 Å². The summed E-state index contributed by atoms with van der Waals surface area (Å²) in [6.07, 6.45) is 0.967. The minimum absolute atomic E-state index is 0.115. The molecule has 1 fully saturated rings. The van der Waals surface area contributed by atoms with E-state index < -0.39 is 11.6 Å². The Morgan fingerprint density at radius 1 is 0.962 bits per heavy atom. The van der Waals surface area contributed by atoms with Crippen molar-refractivity contribution in [2.75, 3.05) is 38.0 Å². The van der Waals surface area contributed by atoms with E-state index in [4.69, 9.17) is 0 Å². The topological polar surface area (TPSA) is 35.6 Å². The van der Waals surface area contributed by atoms with Crippen LogP contribution in [0.1, 0.15) is 12.0 Å². The van der Waals surface area contributed by atoms with Gasteiger partial charge >= 0.3 is 0 Å². The second kappa shape index (κ2) is 8.87.